The minimum atomic E-state index is -2.05. The van der Waals surface area contributed by atoms with Crippen molar-refractivity contribution in [2.45, 2.75) is 90.0 Å². The van der Waals surface area contributed by atoms with Gasteiger partial charge in [-0.1, -0.05) is 33.6 Å². The van der Waals surface area contributed by atoms with Crippen LogP contribution in [-0.4, -0.2) is 37.6 Å². The number of Topliss-reactive ketones (excluding diaryl/α,β-unsaturated/α-hetero) is 1. The summed E-state index contributed by atoms with van der Waals surface area (Å²) in [5.41, 5.74) is 1.15. The number of carboxylic acids is 1. The molecule has 0 aromatic rings. The third-order valence-corrected chi connectivity index (χ3v) is 9.83. The molecule has 0 bridgehead atoms. The van der Waals surface area contributed by atoms with Crippen molar-refractivity contribution >= 4 is 26.4 Å². The highest BCUT2D eigenvalue weighted by atomic mass is 28.4. The van der Waals surface area contributed by atoms with Gasteiger partial charge in [0, 0.05) is 24.0 Å². The standard InChI is InChI=1S/C19H32O5Si/c1-19(2,3)25(4,5)24-17-12-16(21)14(15(17)13-20)10-8-6-7-9-11-18(22)23/h13,17H,6-12H2,1-5H3,(H,22,23)/t17-/m0/s1. The Morgan fingerprint density at radius 1 is 1.24 bits per heavy atom. The maximum Gasteiger partial charge on any atom is 0.303 e. The molecule has 0 saturated heterocycles. The van der Waals surface area contributed by atoms with Crippen molar-refractivity contribution in [1.29, 1.82) is 0 Å². The highest BCUT2D eigenvalue weighted by Gasteiger charge is 2.42. The van der Waals surface area contributed by atoms with Crippen LogP contribution in [0.15, 0.2) is 11.1 Å². The van der Waals surface area contributed by atoms with E-state index in [9.17, 15) is 14.4 Å². The molecule has 1 atom stereocenters. The molecule has 1 aliphatic rings. The summed E-state index contributed by atoms with van der Waals surface area (Å²) in [6, 6.07) is 0. The monoisotopic (exact) mass is 368 g/mol. The van der Waals surface area contributed by atoms with Crippen LogP contribution in [0.4, 0.5) is 0 Å². The zero-order valence-electron chi connectivity index (χ0n) is 16.2. The minimum Gasteiger partial charge on any atom is -0.481 e. The molecule has 5 nitrogen and oxygen atoms in total. The quantitative estimate of drug-likeness (QED) is 0.354. The number of aldehydes is 1. The van der Waals surface area contributed by atoms with Gasteiger partial charge in [0.05, 0.1) is 6.10 Å². The summed E-state index contributed by atoms with van der Waals surface area (Å²) in [5, 5.41) is 8.65. The average molecular weight is 369 g/mol. The first-order chi connectivity index (χ1) is 11.5. The van der Waals surface area contributed by atoms with Gasteiger partial charge in [0.2, 0.25) is 0 Å². The molecule has 0 radical (unpaired) electrons. The highest BCUT2D eigenvalue weighted by Crippen LogP contribution is 2.40. The second-order valence-corrected chi connectivity index (χ2v) is 13.1. The molecule has 0 spiro atoms. The molecule has 0 heterocycles. The minimum absolute atomic E-state index is 0.0244. The summed E-state index contributed by atoms with van der Waals surface area (Å²) in [5.74, 6) is -0.751. The van der Waals surface area contributed by atoms with Gasteiger partial charge in [-0.05, 0) is 37.4 Å². The molecule has 1 rings (SSSR count). The lowest BCUT2D eigenvalue weighted by molar-refractivity contribution is -0.137. The molecule has 25 heavy (non-hydrogen) atoms. The van der Waals surface area contributed by atoms with E-state index < -0.39 is 20.4 Å². The van der Waals surface area contributed by atoms with Crippen molar-refractivity contribution in [3.8, 4) is 0 Å². The van der Waals surface area contributed by atoms with Crippen molar-refractivity contribution in [3.05, 3.63) is 11.1 Å². The molecular weight excluding hydrogens is 336 g/mol. The van der Waals surface area contributed by atoms with Crippen molar-refractivity contribution in [2.75, 3.05) is 0 Å². The molecule has 0 aromatic carbocycles. The van der Waals surface area contributed by atoms with Crippen LogP contribution in [0.25, 0.3) is 0 Å². The van der Waals surface area contributed by atoms with E-state index in [0.717, 1.165) is 25.5 Å². The van der Waals surface area contributed by atoms with E-state index in [2.05, 4.69) is 33.9 Å². The predicted molar refractivity (Wildman–Crippen MR) is 100 cm³/mol. The lowest BCUT2D eigenvalue weighted by atomic mass is 10.0. The van der Waals surface area contributed by atoms with E-state index in [1.807, 2.05) is 0 Å². The topological polar surface area (TPSA) is 80.7 Å². The molecule has 0 amide bonds. The van der Waals surface area contributed by atoms with Gasteiger partial charge in [0.15, 0.2) is 14.1 Å². The molecule has 0 saturated carbocycles. The fourth-order valence-corrected chi connectivity index (χ4v) is 4.03. The number of ketones is 1. The summed E-state index contributed by atoms with van der Waals surface area (Å²) in [7, 11) is -2.05. The number of unbranched alkanes of at least 4 members (excludes halogenated alkanes) is 3. The third-order valence-electron chi connectivity index (χ3n) is 5.34. The number of carbonyl (C=O) groups excluding carboxylic acids is 2. The fraction of sp³-hybridized carbons (Fsp3) is 0.737. The maximum atomic E-state index is 12.3. The molecule has 6 heteroatoms. The van der Waals surface area contributed by atoms with E-state index in [0.29, 0.717) is 24.0 Å². The molecular formula is C19H32O5Si. The van der Waals surface area contributed by atoms with Gasteiger partial charge in [0.25, 0.3) is 0 Å². The Morgan fingerprint density at radius 2 is 1.84 bits per heavy atom. The fourth-order valence-electron chi connectivity index (χ4n) is 2.76. The van der Waals surface area contributed by atoms with E-state index in [-0.39, 0.29) is 23.7 Å². The zero-order valence-corrected chi connectivity index (χ0v) is 17.2. The first-order valence-electron chi connectivity index (χ1n) is 9.10. The molecule has 0 aliphatic heterocycles. The Kier molecular flexibility index (Phi) is 7.75. The highest BCUT2D eigenvalue weighted by molar-refractivity contribution is 6.74. The van der Waals surface area contributed by atoms with Crippen LogP contribution in [0.2, 0.25) is 18.1 Å². The SMILES string of the molecule is CC(C)(C)[Si](C)(C)O[C@H]1CC(=O)C(CCCCCCC(=O)O)=C1C=O. The Hall–Kier alpha value is -1.27. The van der Waals surface area contributed by atoms with Gasteiger partial charge in [-0.25, -0.2) is 0 Å². The number of aliphatic carboxylic acids is 1. The number of rotatable bonds is 10. The Morgan fingerprint density at radius 3 is 2.36 bits per heavy atom. The lowest BCUT2D eigenvalue weighted by Gasteiger charge is -2.38. The van der Waals surface area contributed by atoms with Gasteiger partial charge in [0.1, 0.15) is 6.29 Å². The number of carbonyl (C=O) groups is 3. The molecule has 0 aromatic heterocycles. The molecule has 0 unspecified atom stereocenters. The van der Waals surface area contributed by atoms with Crippen molar-refractivity contribution in [3.63, 3.8) is 0 Å². The number of carboxylic acid groups (broad SMARTS) is 1. The second-order valence-electron chi connectivity index (χ2n) is 8.35. The summed E-state index contributed by atoms with van der Waals surface area (Å²) in [6.45, 7) is 10.7. The third kappa shape index (κ3) is 6.19. The van der Waals surface area contributed by atoms with Crippen molar-refractivity contribution in [2.24, 2.45) is 0 Å². The summed E-state index contributed by atoms with van der Waals surface area (Å²) < 4.78 is 6.30. The second kappa shape index (κ2) is 8.90. The molecule has 0 fully saturated rings. The lowest BCUT2D eigenvalue weighted by Crippen LogP contribution is -2.44. The first kappa shape index (κ1) is 21.8. The van der Waals surface area contributed by atoms with Crippen molar-refractivity contribution < 1.29 is 23.9 Å². The van der Waals surface area contributed by atoms with Gasteiger partial charge < -0.3 is 9.53 Å². The molecule has 1 N–H and O–H groups in total. The van der Waals surface area contributed by atoms with E-state index >= 15 is 0 Å². The van der Waals surface area contributed by atoms with Crippen LogP contribution in [0, 0.1) is 0 Å². The normalized spacial score (nSPS) is 18.8. The zero-order chi connectivity index (χ0) is 19.3. The van der Waals surface area contributed by atoms with Crippen molar-refractivity contribution in [1.82, 2.24) is 0 Å². The van der Waals surface area contributed by atoms with E-state index in [4.69, 9.17) is 9.53 Å². The Balaban J connectivity index is 2.66. The van der Waals surface area contributed by atoms with Crippen LogP contribution in [0.5, 0.6) is 0 Å². The first-order valence-corrected chi connectivity index (χ1v) is 12.0. The Labute approximate surface area is 152 Å². The van der Waals surface area contributed by atoms with Crippen LogP contribution in [-0.2, 0) is 18.8 Å². The van der Waals surface area contributed by atoms with Crippen LogP contribution in [0.1, 0.15) is 65.7 Å². The van der Waals surface area contributed by atoms with Gasteiger partial charge >= 0.3 is 5.97 Å². The largest absolute Gasteiger partial charge is 0.481 e. The average Bonchev–Trinajstić information content (AvgIpc) is 2.75. The van der Waals surface area contributed by atoms with E-state index in [1.165, 1.54) is 0 Å². The van der Waals surface area contributed by atoms with Crippen LogP contribution >= 0.6 is 0 Å². The number of hydrogen-bond donors (Lipinski definition) is 1. The summed E-state index contributed by atoms with van der Waals surface area (Å²) in [4.78, 5) is 34.4. The predicted octanol–water partition coefficient (Wildman–Crippen LogP) is 4.27. The molecule has 142 valence electrons. The van der Waals surface area contributed by atoms with Crippen LogP contribution in [0.3, 0.4) is 0 Å². The number of hydrogen-bond acceptors (Lipinski definition) is 4. The molecule has 1 aliphatic carbocycles. The Bertz CT molecular complexity index is 543. The maximum absolute atomic E-state index is 12.3. The van der Waals surface area contributed by atoms with E-state index in [1.54, 1.807) is 0 Å². The summed E-state index contributed by atoms with van der Waals surface area (Å²) >= 11 is 0. The van der Waals surface area contributed by atoms with Gasteiger partial charge in [-0.3, -0.25) is 14.4 Å². The number of allylic oxidation sites excluding steroid dienone is 1. The van der Waals surface area contributed by atoms with Gasteiger partial charge in [-0.2, -0.15) is 0 Å². The smallest absolute Gasteiger partial charge is 0.303 e. The van der Waals surface area contributed by atoms with Crippen LogP contribution < -0.4 is 0 Å². The van der Waals surface area contributed by atoms with Gasteiger partial charge in [-0.15, -0.1) is 0 Å². The summed E-state index contributed by atoms with van der Waals surface area (Å²) in [6.07, 6.45) is 4.58.